The number of rotatable bonds is 7. The molecule has 0 fully saturated rings. The van der Waals surface area contributed by atoms with Crippen molar-refractivity contribution >= 4 is 23.4 Å². The summed E-state index contributed by atoms with van der Waals surface area (Å²) in [5.74, 6) is -1.03. The fraction of sp³-hybridized carbons (Fsp3) is 0.400. The van der Waals surface area contributed by atoms with Crippen LogP contribution in [0.1, 0.15) is 31.2 Å². The number of esters is 1. The predicted molar refractivity (Wildman–Crippen MR) is 102 cm³/mol. The lowest BCUT2D eigenvalue weighted by atomic mass is 9.80. The molecule has 0 bridgehead atoms. The molecule has 3 rings (SSSR count). The molecular formula is C20H23ClN2O4. The molecule has 1 aliphatic carbocycles. The van der Waals surface area contributed by atoms with Crippen molar-refractivity contribution in [2.24, 2.45) is 5.73 Å². The normalized spacial score (nSPS) is 19.2. The molecule has 144 valence electrons. The second-order valence-electron chi connectivity index (χ2n) is 6.35. The molecule has 0 spiro atoms. The Balaban J connectivity index is 2.13. The van der Waals surface area contributed by atoms with Gasteiger partial charge in [0.25, 0.3) is 0 Å². The van der Waals surface area contributed by atoms with Crippen LogP contribution in [0, 0.1) is 0 Å². The smallest absolute Gasteiger partial charge is 0.336 e. The Morgan fingerprint density at radius 1 is 1.33 bits per heavy atom. The van der Waals surface area contributed by atoms with Crippen LogP contribution >= 0.6 is 11.6 Å². The second kappa shape index (κ2) is 8.69. The summed E-state index contributed by atoms with van der Waals surface area (Å²) < 4.78 is 10.9. The summed E-state index contributed by atoms with van der Waals surface area (Å²) in [4.78, 5) is 25.5. The van der Waals surface area contributed by atoms with Gasteiger partial charge in [-0.2, -0.15) is 0 Å². The maximum Gasteiger partial charge on any atom is 0.336 e. The van der Waals surface area contributed by atoms with E-state index in [0.717, 1.165) is 5.70 Å². The Labute approximate surface area is 163 Å². The summed E-state index contributed by atoms with van der Waals surface area (Å²) in [6.45, 7) is 2.89. The van der Waals surface area contributed by atoms with E-state index in [1.165, 1.54) is 0 Å². The van der Waals surface area contributed by atoms with Crippen LogP contribution in [0.3, 0.4) is 0 Å². The molecular weight excluding hydrogens is 368 g/mol. The molecule has 1 unspecified atom stereocenters. The molecule has 27 heavy (non-hydrogen) atoms. The minimum Gasteiger partial charge on any atom is -0.463 e. The van der Waals surface area contributed by atoms with Crippen molar-refractivity contribution in [3.8, 4) is 0 Å². The molecule has 1 atom stereocenters. The Bertz CT molecular complexity index is 816. The molecule has 1 aromatic carbocycles. The summed E-state index contributed by atoms with van der Waals surface area (Å²) in [6, 6.07) is 7.26. The fourth-order valence-corrected chi connectivity index (χ4v) is 3.80. The van der Waals surface area contributed by atoms with E-state index in [9.17, 15) is 9.59 Å². The lowest BCUT2D eigenvalue weighted by Crippen LogP contribution is -2.33. The molecule has 3 N–H and O–H groups in total. The largest absolute Gasteiger partial charge is 0.463 e. The van der Waals surface area contributed by atoms with Gasteiger partial charge in [0, 0.05) is 35.2 Å². The Kier molecular flexibility index (Phi) is 6.31. The van der Waals surface area contributed by atoms with E-state index in [2.05, 4.69) is 5.32 Å². The molecule has 0 aromatic heterocycles. The SMILES string of the molecule is CCOC(=O)C1=C(COCCN)NC2=C(C(=O)CC2)C1c1ccccc1Cl. The number of ether oxygens (including phenoxy) is 2. The quantitative estimate of drug-likeness (QED) is 0.549. The molecule has 7 heteroatoms. The van der Waals surface area contributed by atoms with Gasteiger partial charge in [-0.3, -0.25) is 4.79 Å². The monoisotopic (exact) mass is 390 g/mol. The Hall–Kier alpha value is -2.15. The van der Waals surface area contributed by atoms with Crippen molar-refractivity contribution in [1.29, 1.82) is 0 Å². The van der Waals surface area contributed by atoms with Crippen LogP contribution in [0.2, 0.25) is 5.02 Å². The minimum absolute atomic E-state index is 0.0196. The summed E-state index contributed by atoms with van der Waals surface area (Å²) in [5.41, 5.74) is 8.60. The van der Waals surface area contributed by atoms with Gasteiger partial charge in [0.05, 0.1) is 31.1 Å². The van der Waals surface area contributed by atoms with Gasteiger partial charge in [-0.05, 0) is 25.0 Å². The molecule has 0 amide bonds. The first kappa shape index (κ1) is 19.6. The molecule has 1 aromatic rings. The number of ketones is 1. The third-order valence-corrected chi connectivity index (χ3v) is 5.00. The van der Waals surface area contributed by atoms with Crippen LogP contribution in [0.15, 0.2) is 46.8 Å². The van der Waals surface area contributed by atoms with Gasteiger partial charge in [0.1, 0.15) is 0 Å². The number of dihydropyridines is 1. The summed E-state index contributed by atoms with van der Waals surface area (Å²) >= 11 is 6.44. The highest BCUT2D eigenvalue weighted by atomic mass is 35.5. The number of hydrogen-bond acceptors (Lipinski definition) is 6. The molecule has 1 aliphatic heterocycles. The number of Topliss-reactive ketones (excluding diaryl/α,β-unsaturated/α-hetero) is 1. The maximum atomic E-state index is 12.9. The zero-order valence-electron chi connectivity index (χ0n) is 15.2. The average Bonchev–Trinajstić information content (AvgIpc) is 3.02. The molecule has 0 saturated carbocycles. The van der Waals surface area contributed by atoms with Gasteiger partial charge in [-0.1, -0.05) is 29.8 Å². The highest BCUT2D eigenvalue weighted by Crippen LogP contribution is 2.45. The van der Waals surface area contributed by atoms with Crippen LogP contribution in [0.25, 0.3) is 0 Å². The molecule has 2 aliphatic rings. The van der Waals surface area contributed by atoms with E-state index in [-0.39, 0.29) is 19.0 Å². The van der Waals surface area contributed by atoms with Gasteiger partial charge < -0.3 is 20.5 Å². The number of nitrogens with one attached hydrogen (secondary N) is 1. The van der Waals surface area contributed by atoms with Crippen LogP contribution < -0.4 is 11.1 Å². The van der Waals surface area contributed by atoms with E-state index in [1.807, 2.05) is 18.2 Å². The van der Waals surface area contributed by atoms with Crippen LogP contribution in [-0.2, 0) is 19.1 Å². The first-order valence-corrected chi connectivity index (χ1v) is 9.41. The molecule has 6 nitrogen and oxygen atoms in total. The third kappa shape index (κ3) is 3.93. The summed E-state index contributed by atoms with van der Waals surface area (Å²) in [6.07, 6.45) is 1.01. The predicted octanol–water partition coefficient (Wildman–Crippen LogP) is 2.44. The van der Waals surface area contributed by atoms with Crippen molar-refractivity contribution in [2.75, 3.05) is 26.4 Å². The zero-order chi connectivity index (χ0) is 19.4. The summed E-state index contributed by atoms with van der Waals surface area (Å²) in [7, 11) is 0. The Morgan fingerprint density at radius 2 is 2.11 bits per heavy atom. The third-order valence-electron chi connectivity index (χ3n) is 4.65. The number of hydrogen-bond donors (Lipinski definition) is 2. The highest BCUT2D eigenvalue weighted by molar-refractivity contribution is 6.31. The number of halogens is 1. The fourth-order valence-electron chi connectivity index (χ4n) is 3.55. The van der Waals surface area contributed by atoms with Crippen molar-refractivity contribution in [2.45, 2.75) is 25.7 Å². The number of allylic oxidation sites excluding steroid dienone is 2. The summed E-state index contributed by atoms with van der Waals surface area (Å²) in [5, 5.41) is 3.74. The number of benzene rings is 1. The van der Waals surface area contributed by atoms with Gasteiger partial charge in [-0.25, -0.2) is 4.79 Å². The topological polar surface area (TPSA) is 90.7 Å². The lowest BCUT2D eigenvalue weighted by Gasteiger charge is -2.30. The van der Waals surface area contributed by atoms with Crippen molar-refractivity contribution in [1.82, 2.24) is 5.32 Å². The van der Waals surface area contributed by atoms with E-state index in [1.54, 1.807) is 13.0 Å². The van der Waals surface area contributed by atoms with Crippen molar-refractivity contribution in [3.63, 3.8) is 0 Å². The standard InChI is InChI=1S/C20H23ClN2O4/c1-2-27-20(25)19-15(11-26-10-9-22)23-14-7-8-16(24)18(14)17(19)12-5-3-4-6-13(12)21/h3-6,17,23H,2,7-11,22H2,1H3. The van der Waals surface area contributed by atoms with Gasteiger partial charge >= 0.3 is 5.97 Å². The maximum absolute atomic E-state index is 12.9. The van der Waals surface area contributed by atoms with E-state index >= 15 is 0 Å². The average molecular weight is 391 g/mol. The van der Waals surface area contributed by atoms with Crippen molar-refractivity contribution in [3.05, 3.63) is 57.4 Å². The van der Waals surface area contributed by atoms with Crippen LogP contribution in [-0.4, -0.2) is 38.1 Å². The number of carbonyl (C=O) groups is 2. The van der Waals surface area contributed by atoms with E-state index in [4.69, 9.17) is 26.8 Å². The van der Waals surface area contributed by atoms with Gasteiger partial charge in [-0.15, -0.1) is 0 Å². The van der Waals surface area contributed by atoms with E-state index in [0.29, 0.717) is 53.4 Å². The van der Waals surface area contributed by atoms with Gasteiger partial charge in [0.15, 0.2) is 5.78 Å². The first-order chi connectivity index (χ1) is 13.1. The van der Waals surface area contributed by atoms with Crippen molar-refractivity contribution < 1.29 is 19.1 Å². The first-order valence-electron chi connectivity index (χ1n) is 9.04. The minimum atomic E-state index is -0.569. The lowest BCUT2D eigenvalue weighted by molar-refractivity contribution is -0.138. The molecule has 0 radical (unpaired) electrons. The van der Waals surface area contributed by atoms with E-state index < -0.39 is 11.9 Å². The van der Waals surface area contributed by atoms with Crippen LogP contribution in [0.4, 0.5) is 0 Å². The van der Waals surface area contributed by atoms with Gasteiger partial charge in [0.2, 0.25) is 0 Å². The second-order valence-corrected chi connectivity index (χ2v) is 6.76. The molecule has 0 saturated heterocycles. The zero-order valence-corrected chi connectivity index (χ0v) is 16.0. The number of carbonyl (C=O) groups excluding carboxylic acids is 2. The van der Waals surface area contributed by atoms with Crippen LogP contribution in [0.5, 0.6) is 0 Å². The highest BCUT2D eigenvalue weighted by Gasteiger charge is 2.41. The molecule has 1 heterocycles. The number of nitrogens with two attached hydrogens (primary N) is 1. The Morgan fingerprint density at radius 3 is 2.81 bits per heavy atom.